The van der Waals surface area contributed by atoms with Gasteiger partial charge in [-0.25, -0.2) is 19.2 Å². The maximum atomic E-state index is 6.71. The van der Waals surface area contributed by atoms with E-state index < -0.39 is 0 Å². The van der Waals surface area contributed by atoms with Gasteiger partial charge in [-0.2, -0.15) is 10.2 Å². The van der Waals surface area contributed by atoms with E-state index >= 15 is 0 Å². The topological polar surface area (TPSA) is 60.9 Å². The second-order valence-corrected chi connectivity index (χ2v) is 9.25. The van der Waals surface area contributed by atoms with Crippen molar-refractivity contribution < 1.29 is 0 Å². The Bertz CT molecular complexity index is 1180. The van der Waals surface area contributed by atoms with Gasteiger partial charge in [0.25, 0.3) is 0 Å². The Morgan fingerprint density at radius 3 is 2.50 bits per heavy atom. The molecule has 0 unspecified atom stereocenters. The summed E-state index contributed by atoms with van der Waals surface area (Å²) in [4.78, 5) is 11.2. The number of halogens is 1. The van der Waals surface area contributed by atoms with Gasteiger partial charge >= 0.3 is 0 Å². The van der Waals surface area contributed by atoms with Gasteiger partial charge in [0.1, 0.15) is 6.33 Å². The molecule has 0 atom stereocenters. The molecule has 0 aromatic carbocycles. The van der Waals surface area contributed by atoms with Crippen LogP contribution in [0.5, 0.6) is 0 Å². The van der Waals surface area contributed by atoms with Crippen LogP contribution in [-0.4, -0.2) is 29.4 Å². The molecule has 6 nitrogen and oxygen atoms in total. The summed E-state index contributed by atoms with van der Waals surface area (Å²) in [6.45, 7) is 8.58. The van der Waals surface area contributed by atoms with Crippen LogP contribution < -0.4 is 0 Å². The molecule has 4 aromatic heterocycles. The summed E-state index contributed by atoms with van der Waals surface area (Å²) in [6.07, 6.45) is 6.16. The van der Waals surface area contributed by atoms with Crippen molar-refractivity contribution in [3.8, 4) is 21.1 Å². The Morgan fingerprint density at radius 1 is 1.13 bits per heavy atom. The molecular weight excluding hydrogens is 416 g/mol. The Labute approximate surface area is 185 Å². The number of hydrogen-bond donors (Lipinski definition) is 0. The summed E-state index contributed by atoms with van der Waals surface area (Å²) in [6, 6.07) is 4.16. The highest BCUT2D eigenvalue weighted by molar-refractivity contribution is 7.19. The van der Waals surface area contributed by atoms with Crippen molar-refractivity contribution in [2.75, 3.05) is 0 Å². The van der Waals surface area contributed by atoms with Crippen molar-refractivity contribution in [2.45, 2.75) is 59.3 Å². The van der Waals surface area contributed by atoms with Gasteiger partial charge in [0, 0.05) is 24.4 Å². The minimum absolute atomic E-state index is 0.476. The van der Waals surface area contributed by atoms with Gasteiger partial charge in [-0.15, -0.1) is 11.3 Å². The standard InChI is InChI=1S/C22H27ClN6S/c1-6-8-15(9-7-2)17-10-13(3)26-22-19(14(4)27-29(17)22)20-16(23)11-18(30-20)21-24-12-25-28(21)5/h10-12,15H,6-9H2,1-5H3. The molecular formula is C22H27ClN6S. The maximum absolute atomic E-state index is 6.71. The second-order valence-electron chi connectivity index (χ2n) is 7.79. The molecule has 0 aliphatic heterocycles. The van der Waals surface area contributed by atoms with Crippen molar-refractivity contribution in [2.24, 2.45) is 7.05 Å². The molecule has 4 heterocycles. The van der Waals surface area contributed by atoms with E-state index in [2.05, 4.69) is 36.9 Å². The third kappa shape index (κ3) is 3.65. The molecule has 8 heteroatoms. The molecule has 158 valence electrons. The Hall–Kier alpha value is -2.25. The predicted octanol–water partition coefficient (Wildman–Crippen LogP) is 6.21. The first-order valence-corrected chi connectivity index (χ1v) is 11.6. The van der Waals surface area contributed by atoms with Gasteiger partial charge in [0.15, 0.2) is 11.5 Å². The number of rotatable bonds is 7. The predicted molar refractivity (Wildman–Crippen MR) is 123 cm³/mol. The minimum Gasteiger partial charge on any atom is -0.248 e. The third-order valence-electron chi connectivity index (χ3n) is 5.46. The fourth-order valence-electron chi connectivity index (χ4n) is 4.14. The zero-order valence-electron chi connectivity index (χ0n) is 18.1. The van der Waals surface area contributed by atoms with Gasteiger partial charge in [0.05, 0.1) is 26.0 Å². The van der Waals surface area contributed by atoms with Crippen LogP contribution in [0.3, 0.4) is 0 Å². The van der Waals surface area contributed by atoms with Crippen LogP contribution in [0.2, 0.25) is 5.02 Å². The first-order chi connectivity index (χ1) is 14.4. The zero-order chi connectivity index (χ0) is 21.4. The van der Waals surface area contributed by atoms with Crippen molar-refractivity contribution in [3.05, 3.63) is 40.6 Å². The van der Waals surface area contributed by atoms with Crippen molar-refractivity contribution in [1.29, 1.82) is 0 Å². The van der Waals surface area contributed by atoms with E-state index in [1.165, 1.54) is 5.69 Å². The lowest BCUT2D eigenvalue weighted by atomic mass is 9.94. The SMILES string of the molecule is CCCC(CCC)c1cc(C)nc2c(-c3sc(-c4ncnn4C)cc3Cl)c(C)nn12. The molecule has 0 radical (unpaired) electrons. The number of hydrogen-bond acceptors (Lipinski definition) is 5. The number of thiophene rings is 1. The minimum atomic E-state index is 0.476. The lowest BCUT2D eigenvalue weighted by Gasteiger charge is -2.17. The quantitative estimate of drug-likeness (QED) is 0.341. The summed E-state index contributed by atoms with van der Waals surface area (Å²) < 4.78 is 3.81. The highest BCUT2D eigenvalue weighted by Crippen LogP contribution is 2.43. The summed E-state index contributed by atoms with van der Waals surface area (Å²) in [7, 11) is 1.88. The van der Waals surface area contributed by atoms with E-state index in [1.54, 1.807) is 22.3 Å². The molecule has 0 saturated heterocycles. The van der Waals surface area contributed by atoms with E-state index in [0.29, 0.717) is 10.9 Å². The normalized spacial score (nSPS) is 11.8. The van der Waals surface area contributed by atoms with E-state index in [9.17, 15) is 0 Å². The highest BCUT2D eigenvalue weighted by Gasteiger charge is 2.24. The lowest BCUT2D eigenvalue weighted by Crippen LogP contribution is -2.08. The fraction of sp³-hybridized carbons (Fsp3) is 0.455. The highest BCUT2D eigenvalue weighted by atomic mass is 35.5. The summed E-state index contributed by atoms with van der Waals surface area (Å²) in [5.41, 5.74) is 5.09. The largest absolute Gasteiger partial charge is 0.248 e. The molecule has 4 rings (SSSR count). The van der Waals surface area contributed by atoms with Crippen LogP contribution in [0.1, 0.15) is 62.5 Å². The maximum Gasteiger partial charge on any atom is 0.167 e. The van der Waals surface area contributed by atoms with Crippen LogP contribution in [0.25, 0.3) is 26.8 Å². The Morgan fingerprint density at radius 2 is 1.87 bits per heavy atom. The van der Waals surface area contributed by atoms with E-state index in [4.69, 9.17) is 21.7 Å². The van der Waals surface area contributed by atoms with Gasteiger partial charge in [0.2, 0.25) is 0 Å². The Balaban J connectivity index is 1.90. The van der Waals surface area contributed by atoms with E-state index in [0.717, 1.165) is 63.9 Å². The van der Waals surface area contributed by atoms with E-state index in [1.807, 2.05) is 24.6 Å². The molecule has 4 aromatic rings. The molecule has 0 spiro atoms. The first kappa shape index (κ1) is 21.0. The van der Waals surface area contributed by atoms with Crippen LogP contribution in [0, 0.1) is 13.8 Å². The molecule has 0 amide bonds. The number of fused-ring (bicyclic) bond motifs is 1. The average molecular weight is 443 g/mol. The molecule has 30 heavy (non-hydrogen) atoms. The van der Waals surface area contributed by atoms with Crippen molar-refractivity contribution in [1.82, 2.24) is 29.4 Å². The van der Waals surface area contributed by atoms with Crippen LogP contribution >= 0.6 is 22.9 Å². The molecule has 0 aliphatic rings. The number of nitrogens with zero attached hydrogens (tertiary/aromatic N) is 6. The van der Waals surface area contributed by atoms with E-state index in [-0.39, 0.29) is 0 Å². The van der Waals surface area contributed by atoms with Crippen molar-refractivity contribution >= 4 is 28.6 Å². The lowest BCUT2D eigenvalue weighted by molar-refractivity contribution is 0.533. The zero-order valence-corrected chi connectivity index (χ0v) is 19.7. The summed E-state index contributed by atoms with van der Waals surface area (Å²) in [5.74, 6) is 1.28. The number of aryl methyl sites for hydroxylation is 3. The first-order valence-electron chi connectivity index (χ1n) is 10.5. The Kier molecular flexibility index (Phi) is 5.93. The monoisotopic (exact) mass is 442 g/mol. The summed E-state index contributed by atoms with van der Waals surface area (Å²) >= 11 is 8.32. The molecule has 0 N–H and O–H groups in total. The van der Waals surface area contributed by atoms with Crippen LogP contribution in [0.15, 0.2) is 18.5 Å². The van der Waals surface area contributed by atoms with Crippen LogP contribution in [-0.2, 0) is 7.05 Å². The summed E-state index contributed by atoms with van der Waals surface area (Å²) in [5, 5.41) is 9.79. The van der Waals surface area contributed by atoms with Gasteiger partial charge in [-0.05, 0) is 38.8 Å². The molecule has 0 aliphatic carbocycles. The average Bonchev–Trinajstić information content (AvgIpc) is 3.37. The fourth-order valence-corrected chi connectivity index (χ4v) is 5.69. The smallest absolute Gasteiger partial charge is 0.167 e. The van der Waals surface area contributed by atoms with Crippen LogP contribution in [0.4, 0.5) is 0 Å². The molecule has 0 bridgehead atoms. The van der Waals surface area contributed by atoms with Gasteiger partial charge in [-0.3, -0.25) is 0 Å². The number of aromatic nitrogens is 6. The second kappa shape index (κ2) is 8.47. The van der Waals surface area contributed by atoms with Crippen molar-refractivity contribution in [3.63, 3.8) is 0 Å². The van der Waals surface area contributed by atoms with Gasteiger partial charge in [-0.1, -0.05) is 38.3 Å². The third-order valence-corrected chi connectivity index (χ3v) is 7.02. The van der Waals surface area contributed by atoms with Gasteiger partial charge < -0.3 is 0 Å². The molecule has 0 fully saturated rings. The molecule has 0 saturated carbocycles.